The highest BCUT2D eigenvalue weighted by molar-refractivity contribution is 7.99. The molecule has 1 amide bonds. The lowest BCUT2D eigenvalue weighted by Gasteiger charge is -2.10. The molecule has 0 radical (unpaired) electrons. The van der Waals surface area contributed by atoms with Gasteiger partial charge in [0.2, 0.25) is 11.1 Å². The number of carbonyl (C=O) groups is 1. The van der Waals surface area contributed by atoms with Crippen molar-refractivity contribution in [2.75, 3.05) is 11.9 Å². The molecule has 3 N–H and O–H groups in total. The average molecular weight is 275 g/mol. The van der Waals surface area contributed by atoms with Crippen LogP contribution in [0.25, 0.3) is 0 Å². The minimum Gasteiger partial charge on any atom is -0.316 e. The summed E-state index contributed by atoms with van der Waals surface area (Å²) in [5.41, 5.74) is 7.58. The maximum absolute atomic E-state index is 11.8. The maximum atomic E-state index is 11.8. The molecule has 6 nitrogen and oxygen atoms in total. The van der Waals surface area contributed by atoms with Gasteiger partial charge in [0, 0.05) is 23.2 Å². The first-order valence-corrected chi connectivity index (χ1v) is 6.62. The van der Waals surface area contributed by atoms with Crippen LogP contribution in [0.2, 0.25) is 0 Å². The van der Waals surface area contributed by atoms with E-state index in [1.165, 1.54) is 11.8 Å². The summed E-state index contributed by atoms with van der Waals surface area (Å²) in [6.07, 6.45) is 0. The number of amides is 1. The molecule has 1 aromatic heterocycles. The van der Waals surface area contributed by atoms with E-state index in [1.54, 1.807) is 11.9 Å². The first-order chi connectivity index (χ1) is 9.06. The van der Waals surface area contributed by atoms with Crippen LogP contribution >= 0.6 is 11.8 Å². The summed E-state index contributed by atoms with van der Waals surface area (Å²) in [7, 11) is 1.74. The fourth-order valence-electron chi connectivity index (χ4n) is 2.07. The molecule has 0 saturated heterocycles. The third-order valence-corrected chi connectivity index (χ3v) is 3.94. The number of likely N-dealkylation sites (N-methyl/N-ethyl adjacent to an activating group) is 1. The Bertz CT molecular complexity index is 653. The summed E-state index contributed by atoms with van der Waals surface area (Å²) >= 11 is 1.45. The second-order valence-corrected chi connectivity index (χ2v) is 5.44. The molecule has 2 aromatic rings. The predicted molar refractivity (Wildman–Crippen MR) is 72.0 cm³/mol. The van der Waals surface area contributed by atoms with E-state index in [4.69, 9.17) is 5.73 Å². The molecular formula is C12H13N5OS. The lowest BCUT2D eigenvalue weighted by Crippen LogP contribution is -2.27. The Hall–Kier alpha value is -1.86. The molecule has 1 aliphatic rings. The first kappa shape index (κ1) is 12.2. The molecule has 19 heavy (non-hydrogen) atoms. The van der Waals surface area contributed by atoms with Gasteiger partial charge in [-0.1, -0.05) is 6.07 Å². The predicted octanol–water partition coefficient (Wildman–Crippen LogP) is 1.24. The molecule has 3 rings (SSSR count). The maximum Gasteiger partial charge on any atom is 0.248 e. The summed E-state index contributed by atoms with van der Waals surface area (Å²) in [4.78, 5) is 18.6. The molecule has 0 saturated carbocycles. The first-order valence-electron chi connectivity index (χ1n) is 5.80. The number of H-pyrrole nitrogens is 1. The minimum atomic E-state index is -0.551. The van der Waals surface area contributed by atoms with Gasteiger partial charge in [-0.15, -0.1) is 5.10 Å². The van der Waals surface area contributed by atoms with E-state index in [2.05, 4.69) is 15.2 Å². The molecule has 1 aliphatic heterocycles. The van der Waals surface area contributed by atoms with Crippen molar-refractivity contribution in [3.63, 3.8) is 0 Å². The largest absolute Gasteiger partial charge is 0.316 e. The van der Waals surface area contributed by atoms with Gasteiger partial charge in [-0.25, -0.2) is 4.98 Å². The number of fused-ring (bicyclic) bond motifs is 1. The quantitative estimate of drug-likeness (QED) is 0.861. The molecule has 1 unspecified atom stereocenters. The van der Waals surface area contributed by atoms with Crippen LogP contribution in [0.1, 0.15) is 17.4 Å². The van der Waals surface area contributed by atoms with E-state index < -0.39 is 6.04 Å². The number of nitrogens with one attached hydrogen (secondary N) is 1. The van der Waals surface area contributed by atoms with Gasteiger partial charge in [0.05, 0.1) is 0 Å². The Labute approximate surface area is 114 Å². The molecular weight excluding hydrogens is 262 g/mol. The van der Waals surface area contributed by atoms with Gasteiger partial charge in [-0.05, 0) is 30.8 Å². The lowest BCUT2D eigenvalue weighted by atomic mass is 10.1. The van der Waals surface area contributed by atoms with Crippen LogP contribution in [-0.2, 0) is 4.79 Å². The van der Waals surface area contributed by atoms with E-state index in [9.17, 15) is 4.79 Å². The number of hydrogen-bond donors (Lipinski definition) is 2. The summed E-state index contributed by atoms with van der Waals surface area (Å²) < 4.78 is 0. The summed E-state index contributed by atoms with van der Waals surface area (Å²) in [5.74, 6) is 0.698. The number of carbonyl (C=O) groups excluding carboxylic acids is 1. The molecule has 2 heterocycles. The van der Waals surface area contributed by atoms with Crippen LogP contribution in [0.5, 0.6) is 0 Å². The van der Waals surface area contributed by atoms with E-state index >= 15 is 0 Å². The molecule has 0 aliphatic carbocycles. The highest BCUT2D eigenvalue weighted by Gasteiger charge is 2.32. The van der Waals surface area contributed by atoms with Crippen LogP contribution in [0.15, 0.2) is 28.3 Å². The van der Waals surface area contributed by atoms with Crippen molar-refractivity contribution >= 4 is 23.4 Å². The number of aromatic nitrogens is 3. The van der Waals surface area contributed by atoms with Crippen LogP contribution in [0.4, 0.5) is 5.69 Å². The molecule has 0 bridgehead atoms. The Morgan fingerprint density at radius 3 is 2.95 bits per heavy atom. The standard InChI is InChI=1S/C12H13N5OS/c1-6-14-12(16-15-6)19-7-3-4-8-9(5-7)17(2)11(18)10(8)13/h3-5,10H,13H2,1-2H3,(H,14,15,16). The fourth-order valence-corrected chi connectivity index (χ4v) is 2.87. The number of rotatable bonds is 2. The zero-order valence-electron chi connectivity index (χ0n) is 10.5. The highest BCUT2D eigenvalue weighted by Crippen LogP contribution is 2.37. The number of anilines is 1. The van der Waals surface area contributed by atoms with E-state index in [0.29, 0.717) is 5.16 Å². The van der Waals surface area contributed by atoms with Gasteiger partial charge in [0.15, 0.2) is 0 Å². The van der Waals surface area contributed by atoms with Crippen molar-refractivity contribution in [2.24, 2.45) is 5.73 Å². The van der Waals surface area contributed by atoms with Gasteiger partial charge < -0.3 is 10.6 Å². The van der Waals surface area contributed by atoms with Gasteiger partial charge in [-0.3, -0.25) is 9.89 Å². The molecule has 7 heteroatoms. The lowest BCUT2D eigenvalue weighted by molar-refractivity contribution is -0.118. The van der Waals surface area contributed by atoms with Gasteiger partial charge in [0.25, 0.3) is 0 Å². The van der Waals surface area contributed by atoms with Crippen molar-refractivity contribution in [3.8, 4) is 0 Å². The number of nitrogens with two attached hydrogens (primary N) is 1. The van der Waals surface area contributed by atoms with Gasteiger partial charge >= 0.3 is 0 Å². The van der Waals surface area contributed by atoms with Crippen molar-refractivity contribution in [1.82, 2.24) is 15.2 Å². The normalized spacial score (nSPS) is 17.9. The highest BCUT2D eigenvalue weighted by atomic mass is 32.2. The van der Waals surface area contributed by atoms with Crippen molar-refractivity contribution < 1.29 is 4.79 Å². The molecule has 0 spiro atoms. The van der Waals surface area contributed by atoms with Crippen LogP contribution < -0.4 is 10.6 Å². The second-order valence-electron chi connectivity index (χ2n) is 4.40. The summed E-state index contributed by atoms with van der Waals surface area (Å²) in [6, 6.07) is 5.21. The number of aromatic amines is 1. The van der Waals surface area contributed by atoms with Crippen LogP contribution in [0.3, 0.4) is 0 Å². The van der Waals surface area contributed by atoms with Crippen LogP contribution in [0, 0.1) is 6.92 Å². The van der Waals surface area contributed by atoms with E-state index in [0.717, 1.165) is 22.0 Å². The zero-order chi connectivity index (χ0) is 13.6. The zero-order valence-corrected chi connectivity index (χ0v) is 11.4. The number of benzene rings is 1. The third-order valence-electron chi connectivity index (χ3n) is 3.08. The van der Waals surface area contributed by atoms with E-state index in [1.807, 2.05) is 25.1 Å². The fraction of sp³-hybridized carbons (Fsp3) is 0.250. The number of hydrogen-bond acceptors (Lipinski definition) is 5. The Balaban J connectivity index is 1.92. The molecule has 0 fully saturated rings. The average Bonchev–Trinajstić information content (AvgIpc) is 2.89. The van der Waals surface area contributed by atoms with Crippen molar-refractivity contribution in [1.29, 1.82) is 0 Å². The molecule has 98 valence electrons. The molecule has 1 aromatic carbocycles. The SMILES string of the molecule is Cc1nc(Sc2ccc3c(c2)N(C)C(=O)C3N)n[nH]1. The Morgan fingerprint density at radius 2 is 2.26 bits per heavy atom. The summed E-state index contributed by atoms with van der Waals surface area (Å²) in [5, 5.41) is 7.53. The number of aryl methyl sites for hydroxylation is 1. The van der Waals surface area contributed by atoms with Gasteiger partial charge in [0.1, 0.15) is 11.9 Å². The molecule has 1 atom stereocenters. The van der Waals surface area contributed by atoms with Gasteiger partial charge in [-0.2, -0.15) is 0 Å². The number of nitrogens with zero attached hydrogens (tertiary/aromatic N) is 3. The van der Waals surface area contributed by atoms with Crippen molar-refractivity contribution in [3.05, 3.63) is 29.6 Å². The minimum absolute atomic E-state index is 0.0779. The topological polar surface area (TPSA) is 87.9 Å². The Morgan fingerprint density at radius 1 is 1.47 bits per heavy atom. The Kier molecular flexibility index (Phi) is 2.79. The monoisotopic (exact) mass is 275 g/mol. The third kappa shape index (κ3) is 2.00. The second kappa shape index (κ2) is 4.36. The van der Waals surface area contributed by atoms with Crippen molar-refractivity contribution in [2.45, 2.75) is 23.0 Å². The summed E-state index contributed by atoms with van der Waals surface area (Å²) in [6.45, 7) is 1.85. The smallest absolute Gasteiger partial charge is 0.248 e. The van der Waals surface area contributed by atoms with E-state index in [-0.39, 0.29) is 5.91 Å². The van der Waals surface area contributed by atoms with Crippen LogP contribution in [-0.4, -0.2) is 28.1 Å².